The van der Waals surface area contributed by atoms with E-state index in [-0.39, 0.29) is 0 Å². The number of para-hydroxylation sites is 1. The van der Waals surface area contributed by atoms with Crippen molar-refractivity contribution in [1.29, 1.82) is 5.26 Å². The zero-order valence-electron chi connectivity index (χ0n) is 8.33. The molecule has 74 valence electrons. The summed E-state index contributed by atoms with van der Waals surface area (Å²) in [4.78, 5) is 5.18. The van der Waals surface area contributed by atoms with Crippen LogP contribution in [0.3, 0.4) is 0 Å². The molecular formula is C12H11N3. The van der Waals surface area contributed by atoms with Crippen molar-refractivity contribution >= 4 is 16.6 Å². The van der Waals surface area contributed by atoms with Crippen LogP contribution in [0.1, 0.15) is 12.1 Å². The Kier molecular flexibility index (Phi) is 1.69. The predicted molar refractivity (Wildman–Crippen MR) is 59.6 cm³/mol. The molecule has 1 aromatic carbocycles. The van der Waals surface area contributed by atoms with E-state index < -0.39 is 0 Å². The standard InChI is InChI=1S/C12H11N3/c13-8-15-7-3-6-11-12(15)9-4-1-2-5-10(9)14-11/h1-2,4-5,14H,3,6-7H2. The van der Waals surface area contributed by atoms with Gasteiger partial charge < -0.3 is 4.98 Å². The number of anilines is 1. The van der Waals surface area contributed by atoms with E-state index in [2.05, 4.69) is 23.3 Å². The first-order valence-electron chi connectivity index (χ1n) is 5.17. The van der Waals surface area contributed by atoms with Crippen LogP contribution in [0.2, 0.25) is 0 Å². The predicted octanol–water partition coefficient (Wildman–Crippen LogP) is 2.40. The zero-order chi connectivity index (χ0) is 10.3. The van der Waals surface area contributed by atoms with Gasteiger partial charge in [0.15, 0.2) is 6.19 Å². The fraction of sp³-hybridized carbons (Fsp3) is 0.250. The number of aromatic amines is 1. The Hall–Kier alpha value is -1.95. The van der Waals surface area contributed by atoms with Gasteiger partial charge in [-0.25, -0.2) is 0 Å². The number of aryl methyl sites for hydroxylation is 1. The Balaban J connectivity index is 2.33. The second-order valence-corrected chi connectivity index (χ2v) is 3.85. The maximum atomic E-state index is 9.08. The highest BCUT2D eigenvalue weighted by molar-refractivity contribution is 5.95. The Bertz CT molecular complexity index is 547. The SMILES string of the molecule is N#CN1CCCc2[nH]c3ccccc3c21. The molecule has 0 atom stereocenters. The molecule has 2 aromatic rings. The number of nitriles is 1. The van der Waals surface area contributed by atoms with Crippen LogP contribution >= 0.6 is 0 Å². The number of hydrogen-bond donors (Lipinski definition) is 1. The Morgan fingerprint density at radius 3 is 3.07 bits per heavy atom. The van der Waals surface area contributed by atoms with E-state index in [9.17, 15) is 0 Å². The third-order valence-electron chi connectivity index (χ3n) is 2.95. The number of hydrogen-bond acceptors (Lipinski definition) is 2. The van der Waals surface area contributed by atoms with Crippen molar-refractivity contribution < 1.29 is 0 Å². The van der Waals surface area contributed by atoms with Crippen LogP contribution in [0.4, 0.5) is 5.69 Å². The summed E-state index contributed by atoms with van der Waals surface area (Å²) in [6.45, 7) is 0.839. The van der Waals surface area contributed by atoms with Crippen LogP contribution in [0.25, 0.3) is 10.9 Å². The summed E-state index contributed by atoms with van der Waals surface area (Å²) in [6.07, 6.45) is 4.34. The van der Waals surface area contributed by atoms with Crippen LogP contribution < -0.4 is 4.90 Å². The van der Waals surface area contributed by atoms with Crippen LogP contribution in [-0.2, 0) is 6.42 Å². The topological polar surface area (TPSA) is 42.8 Å². The van der Waals surface area contributed by atoms with Gasteiger partial charge in [-0.15, -0.1) is 0 Å². The van der Waals surface area contributed by atoms with Crippen LogP contribution in [0.5, 0.6) is 0 Å². The minimum atomic E-state index is 0.839. The zero-order valence-corrected chi connectivity index (χ0v) is 8.33. The number of fused-ring (bicyclic) bond motifs is 3. The first-order chi connectivity index (χ1) is 7.40. The van der Waals surface area contributed by atoms with E-state index in [1.54, 1.807) is 4.90 Å². The lowest BCUT2D eigenvalue weighted by molar-refractivity contribution is 0.758. The fourth-order valence-electron chi connectivity index (χ4n) is 2.30. The molecule has 1 aliphatic rings. The average molecular weight is 197 g/mol. The number of rotatable bonds is 0. The molecule has 0 amide bonds. The first kappa shape index (κ1) is 8.37. The van der Waals surface area contributed by atoms with Crippen molar-refractivity contribution in [2.24, 2.45) is 0 Å². The largest absolute Gasteiger partial charge is 0.357 e. The van der Waals surface area contributed by atoms with Crippen LogP contribution in [-0.4, -0.2) is 11.5 Å². The molecule has 15 heavy (non-hydrogen) atoms. The fourth-order valence-corrected chi connectivity index (χ4v) is 2.30. The van der Waals surface area contributed by atoms with Gasteiger partial charge in [0.05, 0.1) is 5.69 Å². The van der Waals surface area contributed by atoms with Gasteiger partial charge >= 0.3 is 0 Å². The van der Waals surface area contributed by atoms with Gasteiger partial charge in [0.1, 0.15) is 0 Å². The Morgan fingerprint density at radius 1 is 1.33 bits per heavy atom. The molecule has 0 fully saturated rings. The number of benzene rings is 1. The second kappa shape index (κ2) is 3.03. The van der Waals surface area contributed by atoms with Crippen molar-refractivity contribution in [3.63, 3.8) is 0 Å². The summed E-state index contributed by atoms with van der Waals surface area (Å²) in [5.41, 5.74) is 3.41. The highest BCUT2D eigenvalue weighted by Gasteiger charge is 2.21. The molecule has 1 aromatic heterocycles. The minimum absolute atomic E-state index is 0.839. The van der Waals surface area contributed by atoms with Gasteiger partial charge in [-0.2, -0.15) is 5.26 Å². The molecule has 0 unspecified atom stereocenters. The Morgan fingerprint density at radius 2 is 2.20 bits per heavy atom. The van der Waals surface area contributed by atoms with Gasteiger partial charge in [0.25, 0.3) is 0 Å². The summed E-state index contributed by atoms with van der Waals surface area (Å²) < 4.78 is 0. The lowest BCUT2D eigenvalue weighted by atomic mass is 10.1. The number of nitrogens with one attached hydrogen (secondary N) is 1. The summed E-state index contributed by atoms with van der Waals surface area (Å²) >= 11 is 0. The summed E-state index contributed by atoms with van der Waals surface area (Å²) in [6, 6.07) is 8.16. The summed E-state index contributed by atoms with van der Waals surface area (Å²) in [5.74, 6) is 0. The molecule has 1 aliphatic heterocycles. The normalized spacial score (nSPS) is 15.0. The molecule has 3 rings (SSSR count). The van der Waals surface area contributed by atoms with Crippen LogP contribution in [0.15, 0.2) is 24.3 Å². The van der Waals surface area contributed by atoms with Gasteiger partial charge in [0.2, 0.25) is 0 Å². The molecule has 0 saturated heterocycles. The van der Waals surface area contributed by atoms with Crippen molar-refractivity contribution in [2.45, 2.75) is 12.8 Å². The third kappa shape index (κ3) is 1.11. The maximum Gasteiger partial charge on any atom is 0.184 e. The third-order valence-corrected chi connectivity index (χ3v) is 2.95. The monoisotopic (exact) mass is 197 g/mol. The molecule has 0 bridgehead atoms. The van der Waals surface area contributed by atoms with Crippen molar-refractivity contribution in [3.8, 4) is 6.19 Å². The maximum absolute atomic E-state index is 9.08. The molecule has 3 nitrogen and oxygen atoms in total. The second-order valence-electron chi connectivity index (χ2n) is 3.85. The summed E-state index contributed by atoms with van der Waals surface area (Å²) in [7, 11) is 0. The van der Waals surface area contributed by atoms with Gasteiger partial charge in [0, 0.05) is 23.1 Å². The van der Waals surface area contributed by atoms with E-state index in [0.717, 1.165) is 36.0 Å². The van der Waals surface area contributed by atoms with Crippen molar-refractivity contribution in [3.05, 3.63) is 30.0 Å². The summed E-state index contributed by atoms with van der Waals surface area (Å²) in [5, 5.41) is 10.2. The van der Waals surface area contributed by atoms with E-state index in [0.29, 0.717) is 0 Å². The van der Waals surface area contributed by atoms with Gasteiger partial charge in [-0.3, -0.25) is 4.90 Å². The highest BCUT2D eigenvalue weighted by atomic mass is 15.1. The van der Waals surface area contributed by atoms with E-state index in [1.807, 2.05) is 12.1 Å². The van der Waals surface area contributed by atoms with E-state index in [1.165, 1.54) is 5.69 Å². The molecule has 0 saturated carbocycles. The van der Waals surface area contributed by atoms with Crippen molar-refractivity contribution in [1.82, 2.24) is 4.98 Å². The molecule has 0 aliphatic carbocycles. The van der Waals surface area contributed by atoms with Crippen molar-refractivity contribution in [2.75, 3.05) is 11.4 Å². The molecule has 3 heteroatoms. The number of aromatic nitrogens is 1. The minimum Gasteiger partial charge on any atom is -0.357 e. The number of H-pyrrole nitrogens is 1. The average Bonchev–Trinajstić information content (AvgIpc) is 2.67. The number of nitrogens with zero attached hydrogens (tertiary/aromatic N) is 2. The lowest BCUT2D eigenvalue weighted by Gasteiger charge is -2.21. The smallest absolute Gasteiger partial charge is 0.184 e. The van der Waals surface area contributed by atoms with E-state index >= 15 is 0 Å². The highest BCUT2D eigenvalue weighted by Crippen LogP contribution is 2.34. The molecule has 0 spiro atoms. The molecule has 2 heterocycles. The molecule has 0 radical (unpaired) electrons. The van der Waals surface area contributed by atoms with Crippen LogP contribution in [0, 0.1) is 11.5 Å². The first-order valence-corrected chi connectivity index (χ1v) is 5.17. The van der Waals surface area contributed by atoms with Gasteiger partial charge in [-0.1, -0.05) is 18.2 Å². The Labute approximate surface area is 87.9 Å². The van der Waals surface area contributed by atoms with Gasteiger partial charge in [-0.05, 0) is 18.9 Å². The quantitative estimate of drug-likeness (QED) is 0.659. The lowest BCUT2D eigenvalue weighted by Crippen LogP contribution is -2.23. The molecular weight excluding hydrogens is 186 g/mol. The molecule has 1 N–H and O–H groups in total. The van der Waals surface area contributed by atoms with E-state index in [4.69, 9.17) is 5.26 Å².